The van der Waals surface area contributed by atoms with Crippen molar-refractivity contribution in [3.05, 3.63) is 35.9 Å². The molecular weight excluding hydrogens is 184 g/mol. The summed E-state index contributed by atoms with van der Waals surface area (Å²) < 4.78 is 0. The Balaban J connectivity index is 2.95. The van der Waals surface area contributed by atoms with E-state index in [-0.39, 0.29) is 11.6 Å². The Morgan fingerprint density at radius 1 is 1.20 bits per heavy atom. The maximum Gasteiger partial charge on any atom is 0.0479 e. The van der Waals surface area contributed by atoms with Gasteiger partial charge >= 0.3 is 0 Å². The van der Waals surface area contributed by atoms with Crippen LogP contribution in [-0.2, 0) is 0 Å². The molecule has 0 aliphatic rings. The summed E-state index contributed by atoms with van der Waals surface area (Å²) in [6.07, 6.45) is 2.08. The van der Waals surface area contributed by atoms with Crippen LogP contribution in [0.2, 0.25) is 0 Å². The summed E-state index contributed by atoms with van der Waals surface area (Å²) in [6.45, 7) is 4.37. The third-order valence-corrected chi connectivity index (χ3v) is 3.51. The van der Waals surface area contributed by atoms with E-state index in [0.717, 1.165) is 12.8 Å². The molecule has 0 amide bonds. The highest BCUT2D eigenvalue weighted by Gasteiger charge is 2.32. The summed E-state index contributed by atoms with van der Waals surface area (Å²) in [5, 5.41) is 3.39. The lowest BCUT2D eigenvalue weighted by Gasteiger charge is -2.37. The van der Waals surface area contributed by atoms with Gasteiger partial charge in [-0.15, -0.1) is 0 Å². The van der Waals surface area contributed by atoms with Crippen molar-refractivity contribution < 1.29 is 0 Å². The van der Waals surface area contributed by atoms with Crippen LogP contribution in [-0.4, -0.2) is 12.6 Å². The van der Waals surface area contributed by atoms with Crippen molar-refractivity contribution in [2.75, 3.05) is 7.05 Å². The van der Waals surface area contributed by atoms with Crippen molar-refractivity contribution in [1.82, 2.24) is 5.32 Å². The lowest BCUT2D eigenvalue weighted by atomic mass is 9.81. The Bertz CT molecular complexity index is 270. The normalized spacial score (nSPS) is 13.9. The lowest BCUT2D eigenvalue weighted by Crippen LogP contribution is -2.50. The fourth-order valence-corrected chi connectivity index (χ4v) is 2.18. The molecule has 0 aliphatic carbocycles. The first kappa shape index (κ1) is 12.2. The molecule has 2 nitrogen and oxygen atoms in total. The van der Waals surface area contributed by atoms with Gasteiger partial charge in [0.05, 0.1) is 0 Å². The van der Waals surface area contributed by atoms with Gasteiger partial charge in [-0.1, -0.05) is 44.2 Å². The number of hydrogen-bond acceptors (Lipinski definition) is 2. The second kappa shape index (κ2) is 5.29. The Kier molecular flexibility index (Phi) is 4.30. The molecule has 0 heterocycles. The van der Waals surface area contributed by atoms with Crippen molar-refractivity contribution in [1.29, 1.82) is 0 Å². The number of nitrogens with two attached hydrogens (primary N) is 1. The number of nitrogens with one attached hydrogen (secondary N) is 1. The van der Waals surface area contributed by atoms with Crippen LogP contribution in [0.5, 0.6) is 0 Å². The van der Waals surface area contributed by atoms with Gasteiger partial charge in [0.1, 0.15) is 0 Å². The molecule has 3 N–H and O–H groups in total. The molecule has 0 saturated heterocycles. The zero-order chi connectivity index (χ0) is 11.3. The van der Waals surface area contributed by atoms with Gasteiger partial charge in [-0.05, 0) is 25.5 Å². The van der Waals surface area contributed by atoms with Crippen LogP contribution in [0.25, 0.3) is 0 Å². The smallest absolute Gasteiger partial charge is 0.0479 e. The minimum Gasteiger partial charge on any atom is -0.322 e. The van der Waals surface area contributed by atoms with Crippen molar-refractivity contribution >= 4 is 0 Å². The molecule has 1 rings (SSSR count). The van der Waals surface area contributed by atoms with Crippen molar-refractivity contribution in [2.45, 2.75) is 38.3 Å². The average molecular weight is 206 g/mol. The van der Waals surface area contributed by atoms with E-state index in [1.165, 1.54) is 5.56 Å². The minimum absolute atomic E-state index is 0.0152. The van der Waals surface area contributed by atoms with E-state index in [1.807, 2.05) is 25.2 Å². The van der Waals surface area contributed by atoms with Crippen LogP contribution in [0.4, 0.5) is 0 Å². The van der Waals surface area contributed by atoms with Gasteiger partial charge in [-0.3, -0.25) is 0 Å². The summed E-state index contributed by atoms with van der Waals surface area (Å²) >= 11 is 0. The summed E-state index contributed by atoms with van der Waals surface area (Å²) in [4.78, 5) is 0. The van der Waals surface area contributed by atoms with Gasteiger partial charge in [0, 0.05) is 11.6 Å². The molecule has 0 radical (unpaired) electrons. The molecule has 0 fully saturated rings. The van der Waals surface area contributed by atoms with E-state index in [2.05, 4.69) is 31.3 Å². The average Bonchev–Trinajstić information content (AvgIpc) is 2.33. The van der Waals surface area contributed by atoms with E-state index in [4.69, 9.17) is 5.73 Å². The van der Waals surface area contributed by atoms with Crippen LogP contribution in [0.1, 0.15) is 38.3 Å². The highest BCUT2D eigenvalue weighted by molar-refractivity contribution is 5.22. The van der Waals surface area contributed by atoms with Crippen molar-refractivity contribution in [2.24, 2.45) is 5.73 Å². The molecule has 0 bridgehead atoms. The van der Waals surface area contributed by atoms with Gasteiger partial charge < -0.3 is 11.1 Å². The topological polar surface area (TPSA) is 38.0 Å². The lowest BCUT2D eigenvalue weighted by molar-refractivity contribution is 0.266. The maximum absolute atomic E-state index is 6.34. The van der Waals surface area contributed by atoms with Gasteiger partial charge in [0.25, 0.3) is 0 Å². The second-order valence-corrected chi connectivity index (χ2v) is 4.00. The SMILES string of the molecule is CCC(CC)(NC)C(N)c1ccccc1. The number of benzene rings is 1. The molecule has 15 heavy (non-hydrogen) atoms. The van der Waals surface area contributed by atoms with Crippen LogP contribution in [0.3, 0.4) is 0 Å². The van der Waals surface area contributed by atoms with Crippen molar-refractivity contribution in [3.63, 3.8) is 0 Å². The molecule has 2 heteroatoms. The minimum atomic E-state index is 0.0152. The molecule has 0 aliphatic heterocycles. The predicted octanol–water partition coefficient (Wildman–Crippen LogP) is 2.46. The first-order chi connectivity index (χ1) is 7.20. The third-order valence-electron chi connectivity index (χ3n) is 3.51. The Hall–Kier alpha value is -0.860. The highest BCUT2D eigenvalue weighted by atomic mass is 15.0. The van der Waals surface area contributed by atoms with E-state index in [1.54, 1.807) is 0 Å². The Morgan fingerprint density at radius 2 is 1.73 bits per heavy atom. The number of hydrogen-bond donors (Lipinski definition) is 2. The molecular formula is C13H22N2. The molecule has 1 atom stereocenters. The summed E-state index contributed by atoms with van der Waals surface area (Å²) in [5.74, 6) is 0. The standard InChI is InChI=1S/C13H22N2/c1-4-13(5-2,15-3)12(14)11-9-7-6-8-10-11/h6-10,12,15H,4-5,14H2,1-3H3. The van der Waals surface area contributed by atoms with E-state index >= 15 is 0 Å². The Morgan fingerprint density at radius 3 is 2.13 bits per heavy atom. The molecule has 1 aromatic carbocycles. The fourth-order valence-electron chi connectivity index (χ4n) is 2.18. The zero-order valence-corrected chi connectivity index (χ0v) is 9.96. The Labute approximate surface area is 92.9 Å². The van der Waals surface area contributed by atoms with Crippen LogP contribution in [0, 0.1) is 0 Å². The van der Waals surface area contributed by atoms with E-state index in [9.17, 15) is 0 Å². The van der Waals surface area contributed by atoms with Crippen LogP contribution >= 0.6 is 0 Å². The molecule has 0 aromatic heterocycles. The van der Waals surface area contributed by atoms with E-state index < -0.39 is 0 Å². The maximum atomic E-state index is 6.34. The van der Waals surface area contributed by atoms with Crippen LogP contribution < -0.4 is 11.1 Å². The first-order valence-corrected chi connectivity index (χ1v) is 5.69. The monoisotopic (exact) mass is 206 g/mol. The first-order valence-electron chi connectivity index (χ1n) is 5.69. The molecule has 0 spiro atoms. The second-order valence-electron chi connectivity index (χ2n) is 4.00. The quantitative estimate of drug-likeness (QED) is 0.776. The third kappa shape index (κ3) is 2.39. The molecule has 0 saturated carbocycles. The molecule has 1 unspecified atom stereocenters. The van der Waals surface area contributed by atoms with Gasteiger partial charge in [-0.2, -0.15) is 0 Å². The van der Waals surface area contributed by atoms with E-state index in [0.29, 0.717) is 0 Å². The highest BCUT2D eigenvalue weighted by Crippen LogP contribution is 2.29. The summed E-state index contributed by atoms with van der Waals surface area (Å²) in [7, 11) is 2.00. The van der Waals surface area contributed by atoms with Gasteiger partial charge in [0.15, 0.2) is 0 Å². The van der Waals surface area contributed by atoms with Crippen molar-refractivity contribution in [3.8, 4) is 0 Å². The predicted molar refractivity (Wildman–Crippen MR) is 65.7 cm³/mol. The number of likely N-dealkylation sites (N-methyl/N-ethyl adjacent to an activating group) is 1. The molecule has 84 valence electrons. The fraction of sp³-hybridized carbons (Fsp3) is 0.538. The summed E-state index contributed by atoms with van der Waals surface area (Å²) in [5.41, 5.74) is 7.56. The van der Waals surface area contributed by atoms with Gasteiger partial charge in [-0.25, -0.2) is 0 Å². The number of rotatable bonds is 5. The van der Waals surface area contributed by atoms with Gasteiger partial charge in [0.2, 0.25) is 0 Å². The zero-order valence-electron chi connectivity index (χ0n) is 9.96. The largest absolute Gasteiger partial charge is 0.322 e. The van der Waals surface area contributed by atoms with Crippen LogP contribution in [0.15, 0.2) is 30.3 Å². The molecule has 1 aromatic rings. The summed E-state index contributed by atoms with van der Waals surface area (Å²) in [6, 6.07) is 10.4.